The molecule has 6 nitrogen and oxygen atoms in total. The number of anilines is 3. The van der Waals surface area contributed by atoms with Crippen LogP contribution in [-0.2, 0) is 6.18 Å². The normalized spacial score (nSPS) is 12.9. The maximum absolute atomic E-state index is 12.9. The van der Waals surface area contributed by atoms with E-state index in [1.807, 2.05) is 0 Å². The second-order valence-corrected chi connectivity index (χ2v) is 6.80. The number of para-hydroxylation sites is 2. The topological polar surface area (TPSA) is 70.7 Å². The summed E-state index contributed by atoms with van der Waals surface area (Å²) in [5.74, 6) is 0.507. The molecule has 0 aliphatic carbocycles. The summed E-state index contributed by atoms with van der Waals surface area (Å²) in [5.41, 5.74) is 0.216. The van der Waals surface area contributed by atoms with Crippen molar-refractivity contribution in [3.05, 3.63) is 77.9 Å². The number of halogens is 3. The fourth-order valence-corrected chi connectivity index (χ4v) is 3.16. The molecule has 3 aromatic carbocycles. The van der Waals surface area contributed by atoms with Crippen LogP contribution < -0.4 is 20.3 Å². The zero-order valence-electron chi connectivity index (χ0n) is 16.2. The zero-order valence-corrected chi connectivity index (χ0v) is 16.2. The standard InChI is InChI=1S/C22H16F3N3O3/c1-28-17-7-2-3-8-19(17)31-18-10-9-15(12-16(18)20(28)29)27-21(30)26-14-6-4-5-13(11-14)22(23,24)25/h2-12H,1H3,(H2,26,27,30). The van der Waals surface area contributed by atoms with Crippen molar-refractivity contribution in [2.75, 3.05) is 22.6 Å². The molecule has 0 spiro atoms. The van der Waals surface area contributed by atoms with E-state index in [0.717, 1.165) is 12.1 Å². The Morgan fingerprint density at radius 2 is 1.61 bits per heavy atom. The molecule has 3 amide bonds. The summed E-state index contributed by atoms with van der Waals surface area (Å²) in [7, 11) is 1.61. The number of carbonyl (C=O) groups excluding carboxylic acids is 2. The Kier molecular flexibility index (Phi) is 5.02. The van der Waals surface area contributed by atoms with E-state index in [0.29, 0.717) is 17.2 Å². The summed E-state index contributed by atoms with van der Waals surface area (Å²) in [4.78, 5) is 26.6. The highest BCUT2D eigenvalue weighted by atomic mass is 19.4. The minimum atomic E-state index is -4.52. The van der Waals surface area contributed by atoms with Crippen molar-refractivity contribution < 1.29 is 27.5 Å². The Morgan fingerprint density at radius 3 is 2.35 bits per heavy atom. The number of urea groups is 1. The van der Waals surface area contributed by atoms with E-state index in [1.165, 1.54) is 29.2 Å². The average Bonchev–Trinajstić information content (AvgIpc) is 2.83. The van der Waals surface area contributed by atoms with Gasteiger partial charge in [0.2, 0.25) is 0 Å². The molecule has 1 aliphatic heterocycles. The molecule has 0 saturated carbocycles. The molecule has 2 N–H and O–H groups in total. The Balaban J connectivity index is 1.54. The molecule has 1 aliphatic rings. The van der Waals surface area contributed by atoms with Crippen LogP contribution in [0, 0.1) is 0 Å². The van der Waals surface area contributed by atoms with E-state index in [1.54, 1.807) is 37.4 Å². The molecule has 0 unspecified atom stereocenters. The Morgan fingerprint density at radius 1 is 0.903 bits per heavy atom. The number of ether oxygens (including phenoxy) is 1. The number of fused-ring (bicyclic) bond motifs is 2. The molecule has 9 heteroatoms. The molecular weight excluding hydrogens is 411 g/mol. The fraction of sp³-hybridized carbons (Fsp3) is 0.0909. The van der Waals surface area contributed by atoms with E-state index in [9.17, 15) is 22.8 Å². The number of carbonyl (C=O) groups is 2. The van der Waals surface area contributed by atoms with E-state index < -0.39 is 17.8 Å². The van der Waals surface area contributed by atoms with Gasteiger partial charge >= 0.3 is 12.2 Å². The van der Waals surface area contributed by atoms with Crippen LogP contribution in [0.15, 0.2) is 66.7 Å². The van der Waals surface area contributed by atoms with E-state index >= 15 is 0 Å². The van der Waals surface area contributed by atoms with Crippen LogP contribution in [0.5, 0.6) is 11.5 Å². The van der Waals surface area contributed by atoms with Gasteiger partial charge < -0.3 is 20.3 Å². The second kappa shape index (κ2) is 7.67. The molecule has 0 atom stereocenters. The Bertz CT molecular complexity index is 1180. The van der Waals surface area contributed by atoms with Crippen molar-refractivity contribution in [2.45, 2.75) is 6.18 Å². The lowest BCUT2D eigenvalue weighted by atomic mass is 10.1. The minimum absolute atomic E-state index is 0.0170. The van der Waals surface area contributed by atoms with Crippen molar-refractivity contribution in [2.24, 2.45) is 0 Å². The van der Waals surface area contributed by atoms with Gasteiger partial charge in [-0.1, -0.05) is 18.2 Å². The van der Waals surface area contributed by atoms with Gasteiger partial charge in [0.05, 0.1) is 16.8 Å². The van der Waals surface area contributed by atoms with Crippen molar-refractivity contribution in [3.8, 4) is 11.5 Å². The van der Waals surface area contributed by atoms with Crippen molar-refractivity contribution in [3.63, 3.8) is 0 Å². The summed E-state index contributed by atoms with van der Waals surface area (Å²) in [6.45, 7) is 0. The van der Waals surface area contributed by atoms with Gasteiger partial charge in [-0.2, -0.15) is 13.2 Å². The van der Waals surface area contributed by atoms with Gasteiger partial charge in [0.15, 0.2) is 5.75 Å². The third-order valence-corrected chi connectivity index (χ3v) is 4.67. The SMILES string of the molecule is CN1C(=O)c2cc(NC(=O)Nc3cccc(C(F)(F)F)c3)ccc2Oc2ccccc21. The maximum Gasteiger partial charge on any atom is 0.416 e. The first kappa shape index (κ1) is 20.3. The summed E-state index contributed by atoms with van der Waals surface area (Å²) in [5, 5.41) is 4.87. The molecule has 0 aromatic heterocycles. The lowest BCUT2D eigenvalue weighted by Crippen LogP contribution is -2.25. The highest BCUT2D eigenvalue weighted by molar-refractivity contribution is 6.10. The van der Waals surface area contributed by atoms with E-state index in [-0.39, 0.29) is 22.8 Å². The molecule has 4 rings (SSSR count). The van der Waals surface area contributed by atoms with Gasteiger partial charge in [0, 0.05) is 18.4 Å². The molecule has 1 heterocycles. The first-order valence-electron chi connectivity index (χ1n) is 9.16. The molecule has 0 fully saturated rings. The largest absolute Gasteiger partial charge is 0.454 e. The quantitative estimate of drug-likeness (QED) is 0.549. The third kappa shape index (κ3) is 4.16. The van der Waals surface area contributed by atoms with Gasteiger partial charge in [-0.05, 0) is 48.5 Å². The van der Waals surface area contributed by atoms with E-state index in [4.69, 9.17) is 4.74 Å². The molecule has 0 saturated heterocycles. The highest BCUT2D eigenvalue weighted by Gasteiger charge is 2.30. The molecule has 158 valence electrons. The van der Waals surface area contributed by atoms with Crippen molar-refractivity contribution in [1.29, 1.82) is 0 Å². The number of hydrogen-bond donors (Lipinski definition) is 2. The molecule has 0 bridgehead atoms. The van der Waals surface area contributed by atoms with E-state index in [2.05, 4.69) is 10.6 Å². The van der Waals surface area contributed by atoms with Crippen LogP contribution in [0.25, 0.3) is 0 Å². The Labute approximate surface area is 175 Å². The summed E-state index contributed by atoms with van der Waals surface area (Å²) in [6.07, 6.45) is -4.52. The van der Waals surface area contributed by atoms with Gasteiger partial charge in [0.1, 0.15) is 5.75 Å². The fourth-order valence-electron chi connectivity index (χ4n) is 3.16. The average molecular weight is 427 g/mol. The summed E-state index contributed by atoms with van der Waals surface area (Å²) in [6, 6.07) is 15.1. The van der Waals surface area contributed by atoms with Gasteiger partial charge in [0.25, 0.3) is 5.91 Å². The number of alkyl halides is 3. The molecule has 31 heavy (non-hydrogen) atoms. The lowest BCUT2D eigenvalue weighted by molar-refractivity contribution is -0.137. The van der Waals surface area contributed by atoms with Crippen LogP contribution >= 0.6 is 0 Å². The first-order valence-corrected chi connectivity index (χ1v) is 9.16. The van der Waals surface area contributed by atoms with Crippen molar-refractivity contribution in [1.82, 2.24) is 0 Å². The molecule has 0 radical (unpaired) electrons. The highest BCUT2D eigenvalue weighted by Crippen LogP contribution is 2.39. The van der Waals surface area contributed by atoms with Gasteiger partial charge in [-0.3, -0.25) is 4.79 Å². The number of nitrogens with one attached hydrogen (secondary N) is 2. The Hall–Kier alpha value is -4.01. The van der Waals surface area contributed by atoms with Crippen LogP contribution in [0.3, 0.4) is 0 Å². The van der Waals surface area contributed by atoms with Crippen LogP contribution in [0.2, 0.25) is 0 Å². The number of hydrogen-bond acceptors (Lipinski definition) is 3. The first-order chi connectivity index (χ1) is 14.7. The molecule has 3 aromatic rings. The monoisotopic (exact) mass is 427 g/mol. The third-order valence-electron chi connectivity index (χ3n) is 4.67. The van der Waals surface area contributed by atoms with Crippen LogP contribution in [0.1, 0.15) is 15.9 Å². The summed E-state index contributed by atoms with van der Waals surface area (Å²) < 4.78 is 44.4. The number of rotatable bonds is 2. The smallest absolute Gasteiger partial charge is 0.416 e. The second-order valence-electron chi connectivity index (χ2n) is 6.80. The predicted molar refractivity (Wildman–Crippen MR) is 110 cm³/mol. The van der Waals surface area contributed by atoms with Gasteiger partial charge in [-0.25, -0.2) is 4.79 Å². The summed E-state index contributed by atoms with van der Waals surface area (Å²) >= 11 is 0. The predicted octanol–water partition coefficient (Wildman–Crippen LogP) is 5.73. The maximum atomic E-state index is 12.9. The van der Waals surface area contributed by atoms with Crippen LogP contribution in [-0.4, -0.2) is 19.0 Å². The minimum Gasteiger partial charge on any atom is -0.454 e. The van der Waals surface area contributed by atoms with Gasteiger partial charge in [-0.15, -0.1) is 0 Å². The zero-order chi connectivity index (χ0) is 22.2. The lowest BCUT2D eigenvalue weighted by Gasteiger charge is -2.16. The van der Waals surface area contributed by atoms with Crippen LogP contribution in [0.4, 0.5) is 35.0 Å². The molecular formula is C22H16F3N3O3. The van der Waals surface area contributed by atoms with Crippen molar-refractivity contribution >= 4 is 29.0 Å². The number of nitrogens with zero attached hydrogens (tertiary/aromatic N) is 1. The number of amides is 3. The number of benzene rings is 3.